The van der Waals surface area contributed by atoms with Gasteiger partial charge >= 0.3 is 0 Å². The summed E-state index contributed by atoms with van der Waals surface area (Å²) >= 11 is 4.84. The lowest BCUT2D eigenvalue weighted by Crippen LogP contribution is -2.19. The van der Waals surface area contributed by atoms with E-state index >= 15 is 0 Å². The number of nitrogens with one attached hydrogen (secondary N) is 1. The van der Waals surface area contributed by atoms with Crippen molar-refractivity contribution in [3.8, 4) is 0 Å². The number of anilines is 1. The summed E-state index contributed by atoms with van der Waals surface area (Å²) < 4.78 is 0. The van der Waals surface area contributed by atoms with Crippen molar-refractivity contribution in [3.05, 3.63) is 36.0 Å². The van der Waals surface area contributed by atoms with Gasteiger partial charge < -0.3 is 11.1 Å². The van der Waals surface area contributed by atoms with Crippen molar-refractivity contribution >= 4 is 33.9 Å². The van der Waals surface area contributed by atoms with Crippen LogP contribution in [0.2, 0.25) is 0 Å². The van der Waals surface area contributed by atoms with Gasteiger partial charge in [0.2, 0.25) is 0 Å². The molecule has 0 spiro atoms. The Kier molecular flexibility index (Phi) is 2.51. The summed E-state index contributed by atoms with van der Waals surface area (Å²) in [5.74, 6) is 0. The Morgan fingerprint density at radius 1 is 1.40 bits per heavy atom. The minimum atomic E-state index is 0.260. The van der Waals surface area contributed by atoms with E-state index in [1.54, 1.807) is 6.20 Å². The first-order chi connectivity index (χ1) is 7.18. The number of rotatable bonds is 1. The lowest BCUT2D eigenvalue weighted by Gasteiger charge is -2.10. The average Bonchev–Trinajstić information content (AvgIpc) is 2.22. The van der Waals surface area contributed by atoms with E-state index < -0.39 is 0 Å². The molecule has 0 radical (unpaired) electrons. The molecule has 0 bridgehead atoms. The zero-order valence-corrected chi connectivity index (χ0v) is 9.14. The van der Waals surface area contributed by atoms with Crippen molar-refractivity contribution < 1.29 is 0 Å². The Balaban J connectivity index is 2.68. The lowest BCUT2D eigenvalue weighted by molar-refractivity contribution is 1.38. The van der Waals surface area contributed by atoms with E-state index in [1.165, 1.54) is 0 Å². The van der Waals surface area contributed by atoms with E-state index in [1.807, 2.05) is 31.2 Å². The molecule has 0 amide bonds. The third-order valence-electron chi connectivity index (χ3n) is 2.23. The minimum Gasteiger partial charge on any atom is -0.376 e. The number of fused-ring (bicyclic) bond motifs is 1. The Morgan fingerprint density at radius 2 is 2.20 bits per heavy atom. The molecule has 0 unspecified atom stereocenters. The van der Waals surface area contributed by atoms with Gasteiger partial charge in [0.15, 0.2) is 5.11 Å². The summed E-state index contributed by atoms with van der Waals surface area (Å²) in [7, 11) is 0. The maximum Gasteiger partial charge on any atom is 0.168 e. The molecule has 3 nitrogen and oxygen atoms in total. The Bertz CT molecular complexity index is 522. The first kappa shape index (κ1) is 9.86. The van der Waals surface area contributed by atoms with Crippen LogP contribution in [-0.2, 0) is 0 Å². The van der Waals surface area contributed by atoms with Crippen LogP contribution in [0.3, 0.4) is 0 Å². The van der Waals surface area contributed by atoms with E-state index in [0.717, 1.165) is 22.2 Å². The SMILES string of the molecule is Cc1ccc2cccnc2c1NC(N)=S. The quantitative estimate of drug-likeness (QED) is 0.719. The van der Waals surface area contributed by atoms with Gasteiger partial charge in [0.1, 0.15) is 0 Å². The van der Waals surface area contributed by atoms with Gasteiger partial charge in [-0.05, 0) is 30.8 Å². The maximum absolute atomic E-state index is 5.48. The molecule has 0 saturated heterocycles. The largest absolute Gasteiger partial charge is 0.376 e. The number of aromatic nitrogens is 1. The number of hydrogen-bond acceptors (Lipinski definition) is 2. The maximum atomic E-state index is 5.48. The molecular formula is C11H11N3S. The summed E-state index contributed by atoms with van der Waals surface area (Å²) in [6.45, 7) is 1.99. The molecule has 0 saturated carbocycles. The molecule has 0 fully saturated rings. The zero-order valence-electron chi connectivity index (χ0n) is 8.32. The normalized spacial score (nSPS) is 10.2. The van der Waals surface area contributed by atoms with Crippen molar-refractivity contribution in [2.45, 2.75) is 6.92 Å². The van der Waals surface area contributed by atoms with Crippen molar-refractivity contribution in [2.75, 3.05) is 5.32 Å². The zero-order chi connectivity index (χ0) is 10.8. The molecule has 1 heterocycles. The average molecular weight is 217 g/mol. The number of pyridine rings is 1. The van der Waals surface area contributed by atoms with E-state index in [0.29, 0.717) is 0 Å². The summed E-state index contributed by atoms with van der Waals surface area (Å²) in [4.78, 5) is 4.32. The van der Waals surface area contributed by atoms with E-state index in [9.17, 15) is 0 Å². The highest BCUT2D eigenvalue weighted by molar-refractivity contribution is 7.80. The van der Waals surface area contributed by atoms with Crippen molar-refractivity contribution in [1.82, 2.24) is 4.98 Å². The Morgan fingerprint density at radius 3 is 2.93 bits per heavy atom. The lowest BCUT2D eigenvalue weighted by atomic mass is 10.1. The van der Waals surface area contributed by atoms with Crippen LogP contribution in [0.15, 0.2) is 30.5 Å². The van der Waals surface area contributed by atoms with Crippen molar-refractivity contribution in [3.63, 3.8) is 0 Å². The Labute approximate surface area is 93.3 Å². The van der Waals surface area contributed by atoms with Crippen LogP contribution in [0.25, 0.3) is 10.9 Å². The monoisotopic (exact) mass is 217 g/mol. The van der Waals surface area contributed by atoms with Gasteiger partial charge in [-0.2, -0.15) is 0 Å². The number of nitrogens with zero attached hydrogens (tertiary/aromatic N) is 1. The fraction of sp³-hybridized carbons (Fsp3) is 0.0909. The number of aryl methyl sites for hydroxylation is 1. The molecule has 0 aliphatic rings. The molecule has 76 valence electrons. The van der Waals surface area contributed by atoms with Gasteiger partial charge in [0, 0.05) is 11.6 Å². The van der Waals surface area contributed by atoms with Crippen LogP contribution in [0.5, 0.6) is 0 Å². The smallest absolute Gasteiger partial charge is 0.168 e. The van der Waals surface area contributed by atoms with Gasteiger partial charge in [0.05, 0.1) is 11.2 Å². The van der Waals surface area contributed by atoms with Crippen LogP contribution in [-0.4, -0.2) is 10.1 Å². The minimum absolute atomic E-state index is 0.260. The predicted molar refractivity (Wildman–Crippen MR) is 66.9 cm³/mol. The fourth-order valence-electron chi connectivity index (χ4n) is 1.53. The van der Waals surface area contributed by atoms with E-state index in [2.05, 4.69) is 10.3 Å². The van der Waals surface area contributed by atoms with E-state index in [-0.39, 0.29) is 5.11 Å². The number of nitrogens with two attached hydrogens (primary N) is 1. The molecule has 1 aromatic heterocycles. The second-order valence-corrected chi connectivity index (χ2v) is 3.76. The molecule has 2 aromatic rings. The van der Waals surface area contributed by atoms with Crippen molar-refractivity contribution in [1.29, 1.82) is 0 Å². The summed E-state index contributed by atoms with van der Waals surface area (Å²) in [6.07, 6.45) is 1.76. The molecule has 15 heavy (non-hydrogen) atoms. The number of thiocarbonyl (C=S) groups is 1. The number of benzene rings is 1. The van der Waals surface area contributed by atoms with Crippen LogP contribution in [0.1, 0.15) is 5.56 Å². The second kappa shape index (κ2) is 3.82. The van der Waals surface area contributed by atoms with Crippen LogP contribution in [0, 0.1) is 6.92 Å². The van der Waals surface area contributed by atoms with Gasteiger partial charge in [-0.1, -0.05) is 18.2 Å². The molecule has 1 aromatic carbocycles. The summed E-state index contributed by atoms with van der Waals surface area (Å²) in [5, 5.41) is 4.29. The van der Waals surface area contributed by atoms with Crippen LogP contribution in [0.4, 0.5) is 5.69 Å². The second-order valence-electron chi connectivity index (χ2n) is 3.32. The van der Waals surface area contributed by atoms with Gasteiger partial charge in [-0.15, -0.1) is 0 Å². The summed E-state index contributed by atoms with van der Waals surface area (Å²) in [5.41, 5.74) is 8.34. The highest BCUT2D eigenvalue weighted by atomic mass is 32.1. The highest BCUT2D eigenvalue weighted by Gasteiger charge is 2.05. The molecule has 3 N–H and O–H groups in total. The molecule has 0 aliphatic heterocycles. The van der Waals surface area contributed by atoms with Gasteiger partial charge in [-0.3, -0.25) is 4.98 Å². The number of hydrogen-bond donors (Lipinski definition) is 2. The first-order valence-corrected chi connectivity index (χ1v) is 5.00. The highest BCUT2D eigenvalue weighted by Crippen LogP contribution is 2.24. The predicted octanol–water partition coefficient (Wildman–Crippen LogP) is 2.20. The fourth-order valence-corrected chi connectivity index (χ4v) is 1.63. The third-order valence-corrected chi connectivity index (χ3v) is 2.33. The Hall–Kier alpha value is -1.68. The molecule has 0 atom stereocenters. The van der Waals surface area contributed by atoms with Gasteiger partial charge in [0.25, 0.3) is 0 Å². The van der Waals surface area contributed by atoms with Crippen molar-refractivity contribution in [2.24, 2.45) is 5.73 Å². The summed E-state index contributed by atoms with van der Waals surface area (Å²) in [6, 6.07) is 7.96. The standard InChI is InChI=1S/C11H11N3S/c1-7-4-5-8-3-2-6-13-10(8)9(7)14-11(12)15/h2-6H,1H3,(H3,12,14,15). The first-order valence-electron chi connectivity index (χ1n) is 4.59. The molecule has 0 aliphatic carbocycles. The molecular weight excluding hydrogens is 206 g/mol. The van der Waals surface area contributed by atoms with Crippen LogP contribution < -0.4 is 11.1 Å². The van der Waals surface area contributed by atoms with E-state index in [4.69, 9.17) is 18.0 Å². The third kappa shape index (κ3) is 1.89. The van der Waals surface area contributed by atoms with Crippen LogP contribution >= 0.6 is 12.2 Å². The topological polar surface area (TPSA) is 50.9 Å². The molecule has 2 rings (SSSR count). The molecule has 4 heteroatoms. The van der Waals surface area contributed by atoms with Gasteiger partial charge in [-0.25, -0.2) is 0 Å².